The molecule has 6 heteroatoms. The van der Waals surface area contributed by atoms with Gasteiger partial charge in [0.25, 0.3) is 0 Å². The van der Waals surface area contributed by atoms with Crippen LogP contribution in [0.1, 0.15) is 24.8 Å². The third-order valence-electron chi connectivity index (χ3n) is 4.03. The zero-order chi connectivity index (χ0) is 14.9. The van der Waals surface area contributed by atoms with Crippen molar-refractivity contribution in [3.05, 3.63) is 28.8 Å². The number of halogens is 1. The topological polar surface area (TPSA) is 44.5 Å². The number of thiocarbonyl (C=S) groups is 1. The van der Waals surface area contributed by atoms with Crippen molar-refractivity contribution >= 4 is 40.6 Å². The highest BCUT2D eigenvalue weighted by Crippen LogP contribution is 2.40. The normalized spacial score (nSPS) is 28.7. The first-order valence-electron chi connectivity index (χ1n) is 7.06. The number of thioether (sulfide) groups is 1. The molecule has 0 aliphatic carbocycles. The van der Waals surface area contributed by atoms with Crippen LogP contribution >= 0.6 is 35.6 Å². The van der Waals surface area contributed by atoms with Crippen molar-refractivity contribution in [2.75, 3.05) is 18.1 Å². The second-order valence-electron chi connectivity index (χ2n) is 5.54. The Labute approximate surface area is 139 Å². The predicted molar refractivity (Wildman–Crippen MR) is 91.6 cm³/mol. The van der Waals surface area contributed by atoms with Gasteiger partial charge in [0.05, 0.1) is 22.8 Å². The molecule has 2 N–H and O–H groups in total. The first-order chi connectivity index (χ1) is 10.1. The van der Waals surface area contributed by atoms with Crippen LogP contribution in [-0.2, 0) is 4.74 Å². The van der Waals surface area contributed by atoms with Crippen molar-refractivity contribution in [2.24, 2.45) is 5.73 Å². The summed E-state index contributed by atoms with van der Waals surface area (Å²) in [4.78, 5) is 0.272. The van der Waals surface area contributed by atoms with E-state index in [4.69, 9.17) is 39.0 Å². The van der Waals surface area contributed by atoms with Crippen molar-refractivity contribution < 1.29 is 9.47 Å². The van der Waals surface area contributed by atoms with E-state index in [1.165, 1.54) is 5.75 Å². The lowest BCUT2D eigenvalue weighted by atomic mass is 9.91. The van der Waals surface area contributed by atoms with Crippen LogP contribution in [0, 0.1) is 0 Å². The number of benzene rings is 1. The summed E-state index contributed by atoms with van der Waals surface area (Å²) >= 11 is 13.2. The summed E-state index contributed by atoms with van der Waals surface area (Å²) in [5, 5.41) is 0.540. The average molecular weight is 344 g/mol. The van der Waals surface area contributed by atoms with Crippen LogP contribution in [0.5, 0.6) is 5.75 Å². The molecule has 2 unspecified atom stereocenters. The summed E-state index contributed by atoms with van der Waals surface area (Å²) in [5.41, 5.74) is 6.41. The van der Waals surface area contributed by atoms with Gasteiger partial charge in [0.1, 0.15) is 16.8 Å². The van der Waals surface area contributed by atoms with E-state index in [9.17, 15) is 0 Å². The molecule has 2 aliphatic heterocycles. The minimum absolute atomic E-state index is 0.00442. The summed E-state index contributed by atoms with van der Waals surface area (Å²) in [6.45, 7) is 0.744. The monoisotopic (exact) mass is 343 g/mol. The van der Waals surface area contributed by atoms with Crippen molar-refractivity contribution in [2.45, 2.75) is 31.0 Å². The van der Waals surface area contributed by atoms with Crippen LogP contribution in [0.25, 0.3) is 0 Å². The fraction of sp³-hybridized carbons (Fsp3) is 0.533. The summed E-state index contributed by atoms with van der Waals surface area (Å²) in [7, 11) is 0. The maximum atomic E-state index is 6.19. The zero-order valence-corrected chi connectivity index (χ0v) is 14.0. The fourth-order valence-corrected chi connectivity index (χ4v) is 4.88. The van der Waals surface area contributed by atoms with Crippen LogP contribution in [0.2, 0.25) is 5.02 Å². The lowest BCUT2D eigenvalue weighted by molar-refractivity contribution is -0.0959. The van der Waals surface area contributed by atoms with E-state index in [1.807, 2.05) is 23.9 Å². The zero-order valence-electron chi connectivity index (χ0n) is 11.6. The molecule has 0 amide bonds. The van der Waals surface area contributed by atoms with Crippen molar-refractivity contribution in [1.82, 2.24) is 0 Å². The first-order valence-corrected chi connectivity index (χ1v) is 9.00. The summed E-state index contributed by atoms with van der Waals surface area (Å²) in [6, 6.07) is 5.52. The van der Waals surface area contributed by atoms with Gasteiger partial charge >= 0.3 is 0 Å². The minimum atomic E-state index is -0.00442. The molecule has 3 rings (SSSR count). The Morgan fingerprint density at radius 2 is 2.38 bits per heavy atom. The van der Waals surface area contributed by atoms with Crippen LogP contribution in [0.15, 0.2) is 18.2 Å². The first kappa shape index (κ1) is 15.4. The van der Waals surface area contributed by atoms with Gasteiger partial charge in [0.2, 0.25) is 0 Å². The van der Waals surface area contributed by atoms with Gasteiger partial charge in [-0.15, -0.1) is 0 Å². The van der Waals surface area contributed by atoms with Crippen LogP contribution in [0.4, 0.5) is 0 Å². The lowest BCUT2D eigenvalue weighted by Gasteiger charge is -2.37. The smallest absolute Gasteiger partial charge is 0.131 e. The van der Waals surface area contributed by atoms with E-state index in [0.29, 0.717) is 16.3 Å². The third-order valence-corrected chi connectivity index (χ3v) is 5.77. The number of ether oxygens (including phenoxy) is 2. The van der Waals surface area contributed by atoms with Gasteiger partial charge < -0.3 is 15.2 Å². The largest absolute Gasteiger partial charge is 0.489 e. The van der Waals surface area contributed by atoms with E-state index >= 15 is 0 Å². The Bertz CT molecular complexity index is 546. The number of nitrogens with two attached hydrogens (primary N) is 1. The highest BCUT2D eigenvalue weighted by atomic mass is 35.5. The van der Waals surface area contributed by atoms with Crippen LogP contribution in [-0.4, -0.2) is 34.8 Å². The van der Waals surface area contributed by atoms with Gasteiger partial charge in [-0.1, -0.05) is 29.9 Å². The second-order valence-corrected chi connectivity index (χ2v) is 7.50. The molecule has 1 aromatic rings. The molecule has 2 fully saturated rings. The van der Waals surface area contributed by atoms with Gasteiger partial charge in [-0.3, -0.25) is 0 Å². The Balaban J connectivity index is 1.77. The quantitative estimate of drug-likeness (QED) is 0.852. The number of hydrogen-bond acceptors (Lipinski definition) is 4. The fourth-order valence-electron chi connectivity index (χ4n) is 2.97. The molecular weight excluding hydrogens is 326 g/mol. The van der Waals surface area contributed by atoms with Crippen molar-refractivity contribution in [1.29, 1.82) is 0 Å². The molecule has 0 saturated carbocycles. The maximum Gasteiger partial charge on any atom is 0.131 e. The summed E-state index contributed by atoms with van der Waals surface area (Å²) in [6.07, 6.45) is 3.04. The lowest BCUT2D eigenvalue weighted by Crippen LogP contribution is -2.44. The highest BCUT2D eigenvalue weighted by molar-refractivity contribution is 7.99. The summed E-state index contributed by atoms with van der Waals surface area (Å²) < 4.78 is 12.2. The maximum absolute atomic E-state index is 6.19. The standard InChI is InChI=1S/C15H18ClNO2S2/c16-11-2-1-3-12(13(11)14(17)20)19-10-4-6-18-15(8-10)5-7-21-9-15/h1-3,10H,4-9H2,(H2,17,20). The molecule has 1 spiro atoms. The molecule has 1 aromatic carbocycles. The van der Waals surface area contributed by atoms with E-state index in [2.05, 4.69) is 0 Å². The highest BCUT2D eigenvalue weighted by Gasteiger charge is 2.41. The molecule has 0 radical (unpaired) electrons. The molecule has 0 aromatic heterocycles. The van der Waals surface area contributed by atoms with Gasteiger partial charge in [-0.25, -0.2) is 0 Å². The van der Waals surface area contributed by atoms with Gasteiger partial charge in [-0.2, -0.15) is 11.8 Å². The predicted octanol–water partition coefficient (Wildman–Crippen LogP) is 3.41. The van der Waals surface area contributed by atoms with E-state index < -0.39 is 0 Å². The molecule has 2 saturated heterocycles. The Hall–Kier alpha value is -0.490. The van der Waals surface area contributed by atoms with Crippen LogP contribution in [0.3, 0.4) is 0 Å². The van der Waals surface area contributed by atoms with E-state index in [-0.39, 0.29) is 16.7 Å². The molecular formula is C15H18ClNO2S2. The van der Waals surface area contributed by atoms with E-state index in [1.54, 1.807) is 6.07 Å². The Kier molecular flexibility index (Phi) is 4.64. The van der Waals surface area contributed by atoms with Crippen molar-refractivity contribution in [3.8, 4) is 5.75 Å². The molecule has 3 nitrogen and oxygen atoms in total. The van der Waals surface area contributed by atoms with Crippen molar-refractivity contribution in [3.63, 3.8) is 0 Å². The Morgan fingerprint density at radius 3 is 3.10 bits per heavy atom. The molecule has 2 heterocycles. The minimum Gasteiger partial charge on any atom is -0.489 e. The van der Waals surface area contributed by atoms with Gasteiger partial charge in [-0.05, 0) is 24.3 Å². The van der Waals surface area contributed by atoms with Gasteiger partial charge in [0, 0.05) is 18.6 Å². The van der Waals surface area contributed by atoms with Gasteiger partial charge in [0.15, 0.2) is 0 Å². The molecule has 2 aliphatic rings. The third kappa shape index (κ3) is 3.31. The molecule has 0 bridgehead atoms. The Morgan fingerprint density at radius 1 is 1.52 bits per heavy atom. The average Bonchev–Trinajstić information content (AvgIpc) is 2.86. The number of rotatable bonds is 3. The molecule has 21 heavy (non-hydrogen) atoms. The second kappa shape index (κ2) is 6.32. The molecule has 2 atom stereocenters. The SMILES string of the molecule is NC(=S)c1c(Cl)cccc1OC1CCOC2(CCSC2)C1. The van der Waals surface area contributed by atoms with Crippen LogP contribution < -0.4 is 10.5 Å². The number of hydrogen-bond donors (Lipinski definition) is 1. The molecule has 114 valence electrons. The van der Waals surface area contributed by atoms with E-state index in [0.717, 1.165) is 31.6 Å². The summed E-state index contributed by atoms with van der Waals surface area (Å²) in [5.74, 6) is 2.91.